The zero-order valence-corrected chi connectivity index (χ0v) is 18.8. The Bertz CT molecular complexity index is 1010. The molecule has 158 valence electrons. The summed E-state index contributed by atoms with van der Waals surface area (Å²) in [4.78, 5) is 13.8. The summed E-state index contributed by atoms with van der Waals surface area (Å²) < 4.78 is 38.0. The molecule has 0 bridgehead atoms. The lowest BCUT2D eigenvalue weighted by Gasteiger charge is -2.31. The van der Waals surface area contributed by atoms with Gasteiger partial charge in [0.1, 0.15) is 15.7 Å². The number of methoxy groups -OCH3 is 2. The van der Waals surface area contributed by atoms with Crippen LogP contribution in [-0.4, -0.2) is 45.9 Å². The molecule has 2 heterocycles. The van der Waals surface area contributed by atoms with E-state index in [0.29, 0.717) is 45.8 Å². The smallest absolute Gasteiger partial charge is 0.252 e. The number of amides is 1. The molecule has 10 heteroatoms. The van der Waals surface area contributed by atoms with E-state index in [1.807, 2.05) is 6.92 Å². The lowest BCUT2D eigenvalue weighted by molar-refractivity contribution is -0.120. The Morgan fingerprint density at radius 3 is 2.59 bits per heavy atom. The van der Waals surface area contributed by atoms with E-state index in [2.05, 4.69) is 5.32 Å². The fourth-order valence-corrected chi connectivity index (χ4v) is 6.45. The number of carbonyl (C=O) groups is 1. The summed E-state index contributed by atoms with van der Waals surface area (Å²) in [6.45, 7) is 2.40. The molecule has 1 atom stereocenters. The first-order chi connectivity index (χ1) is 13.8. The molecule has 0 radical (unpaired) electrons. The molecule has 1 fully saturated rings. The topological polar surface area (TPSA) is 84.9 Å². The lowest BCUT2D eigenvalue weighted by atomic mass is 9.98. The molecule has 0 spiro atoms. The maximum Gasteiger partial charge on any atom is 0.252 e. The first-order valence-corrected chi connectivity index (χ1v) is 11.7. The average molecular weight is 459 g/mol. The van der Waals surface area contributed by atoms with Gasteiger partial charge in [-0.05, 0) is 38.0 Å². The van der Waals surface area contributed by atoms with Crippen LogP contribution in [0.3, 0.4) is 0 Å². The molecule has 7 nitrogen and oxygen atoms in total. The Balaban J connectivity index is 1.76. The van der Waals surface area contributed by atoms with Crippen molar-refractivity contribution in [1.29, 1.82) is 0 Å². The number of nitrogens with one attached hydrogen (secondary N) is 1. The molecule has 1 N–H and O–H groups in total. The third-order valence-corrected chi connectivity index (χ3v) is 8.43. The van der Waals surface area contributed by atoms with Crippen LogP contribution in [0.15, 0.2) is 28.5 Å². The second-order valence-corrected chi connectivity index (χ2v) is 10.6. The number of thiophene rings is 1. The van der Waals surface area contributed by atoms with Crippen LogP contribution in [0, 0.1) is 12.8 Å². The van der Waals surface area contributed by atoms with Gasteiger partial charge in [-0.15, -0.1) is 11.3 Å². The predicted molar refractivity (Wildman–Crippen MR) is 114 cm³/mol. The highest BCUT2D eigenvalue weighted by molar-refractivity contribution is 7.91. The van der Waals surface area contributed by atoms with Crippen molar-refractivity contribution < 1.29 is 22.7 Å². The monoisotopic (exact) mass is 458 g/mol. The van der Waals surface area contributed by atoms with Crippen molar-refractivity contribution >= 4 is 44.6 Å². The molecule has 1 saturated heterocycles. The average Bonchev–Trinajstić information content (AvgIpc) is 3.15. The van der Waals surface area contributed by atoms with Crippen LogP contribution in [0.5, 0.6) is 11.5 Å². The van der Waals surface area contributed by atoms with Gasteiger partial charge in [0.25, 0.3) is 10.0 Å². The minimum atomic E-state index is -3.60. The van der Waals surface area contributed by atoms with E-state index in [9.17, 15) is 13.2 Å². The first kappa shape index (κ1) is 21.9. The number of rotatable bonds is 6. The molecular formula is C19H23ClN2O5S2. The molecule has 0 unspecified atom stereocenters. The molecule has 1 aromatic heterocycles. The van der Waals surface area contributed by atoms with E-state index in [1.54, 1.807) is 24.3 Å². The number of ether oxygens (including phenoxy) is 2. The fourth-order valence-electron chi connectivity index (χ4n) is 3.25. The third-order valence-electron chi connectivity index (χ3n) is 4.80. The molecule has 1 aliphatic heterocycles. The minimum Gasteiger partial charge on any atom is -0.495 e. The minimum absolute atomic E-state index is 0.136. The van der Waals surface area contributed by atoms with Crippen LogP contribution >= 0.6 is 22.9 Å². The van der Waals surface area contributed by atoms with Gasteiger partial charge in [0, 0.05) is 24.0 Å². The standard InChI is InChI=1S/C19H23ClN2O5S2/c1-12-6-7-18(28-12)29(24,25)22-8-4-5-13(11-22)19(23)21-15-9-14(20)16(26-2)10-17(15)27-3/h6-7,9-10,13H,4-5,8,11H2,1-3H3,(H,21,23)/t13-/m0/s1. The van der Waals surface area contributed by atoms with E-state index < -0.39 is 15.9 Å². The summed E-state index contributed by atoms with van der Waals surface area (Å²) in [5.74, 6) is 0.105. The van der Waals surface area contributed by atoms with Crippen molar-refractivity contribution in [2.75, 3.05) is 32.6 Å². The second kappa shape index (κ2) is 8.91. The highest BCUT2D eigenvalue weighted by Gasteiger charge is 2.34. The summed E-state index contributed by atoms with van der Waals surface area (Å²) in [6, 6.07) is 6.55. The summed E-state index contributed by atoms with van der Waals surface area (Å²) in [5, 5.41) is 3.15. The van der Waals surface area contributed by atoms with Crippen molar-refractivity contribution in [2.24, 2.45) is 5.92 Å². The van der Waals surface area contributed by atoms with Crippen molar-refractivity contribution in [3.8, 4) is 11.5 Å². The van der Waals surface area contributed by atoms with E-state index in [-0.39, 0.29) is 12.5 Å². The molecular weight excluding hydrogens is 436 g/mol. The molecule has 2 aromatic rings. The summed E-state index contributed by atoms with van der Waals surface area (Å²) in [5.41, 5.74) is 0.414. The molecule has 29 heavy (non-hydrogen) atoms. The molecule has 3 rings (SSSR count). The number of hydrogen-bond donors (Lipinski definition) is 1. The zero-order chi connectivity index (χ0) is 21.2. The van der Waals surface area contributed by atoms with Crippen molar-refractivity contribution in [1.82, 2.24) is 4.31 Å². The van der Waals surface area contributed by atoms with Gasteiger partial charge in [0.05, 0.1) is 30.8 Å². The highest BCUT2D eigenvalue weighted by Crippen LogP contribution is 2.36. The van der Waals surface area contributed by atoms with Crippen LogP contribution in [0.2, 0.25) is 5.02 Å². The maximum absolute atomic E-state index is 12.9. The Labute approximate surface area is 179 Å². The van der Waals surface area contributed by atoms with Crippen LogP contribution in [-0.2, 0) is 14.8 Å². The molecule has 1 aromatic carbocycles. The van der Waals surface area contributed by atoms with Gasteiger partial charge >= 0.3 is 0 Å². The number of nitrogens with zero attached hydrogens (tertiary/aromatic N) is 1. The van der Waals surface area contributed by atoms with E-state index in [4.69, 9.17) is 21.1 Å². The van der Waals surface area contributed by atoms with Crippen LogP contribution < -0.4 is 14.8 Å². The number of piperidine rings is 1. The molecule has 1 aliphatic rings. The Morgan fingerprint density at radius 1 is 1.24 bits per heavy atom. The van der Waals surface area contributed by atoms with Crippen LogP contribution in [0.4, 0.5) is 5.69 Å². The molecule has 1 amide bonds. The van der Waals surface area contributed by atoms with E-state index in [1.165, 1.54) is 29.9 Å². The Morgan fingerprint density at radius 2 is 1.97 bits per heavy atom. The predicted octanol–water partition coefficient (Wildman–Crippen LogP) is 3.77. The third kappa shape index (κ3) is 4.69. The van der Waals surface area contributed by atoms with Gasteiger partial charge in [-0.1, -0.05) is 11.6 Å². The zero-order valence-electron chi connectivity index (χ0n) is 16.4. The second-order valence-electron chi connectivity index (χ2n) is 6.74. The van der Waals surface area contributed by atoms with Gasteiger partial charge in [0.15, 0.2) is 0 Å². The summed E-state index contributed by atoms with van der Waals surface area (Å²) >= 11 is 7.40. The number of hydrogen-bond acceptors (Lipinski definition) is 6. The van der Waals surface area contributed by atoms with Crippen molar-refractivity contribution in [2.45, 2.75) is 24.0 Å². The maximum atomic E-state index is 12.9. The van der Waals surface area contributed by atoms with E-state index >= 15 is 0 Å². The molecule has 0 aliphatic carbocycles. The number of sulfonamides is 1. The van der Waals surface area contributed by atoms with Gasteiger partial charge < -0.3 is 14.8 Å². The largest absolute Gasteiger partial charge is 0.495 e. The normalized spacial score (nSPS) is 17.7. The Hall–Kier alpha value is -1.81. The number of carbonyl (C=O) groups excluding carboxylic acids is 1. The first-order valence-electron chi connectivity index (χ1n) is 9.05. The van der Waals surface area contributed by atoms with Crippen LogP contribution in [0.25, 0.3) is 0 Å². The number of halogens is 1. The quantitative estimate of drug-likeness (QED) is 0.712. The van der Waals surface area contributed by atoms with Gasteiger partial charge in [-0.2, -0.15) is 4.31 Å². The summed E-state index contributed by atoms with van der Waals surface area (Å²) in [6.07, 6.45) is 1.22. The highest BCUT2D eigenvalue weighted by atomic mass is 35.5. The van der Waals surface area contributed by atoms with Gasteiger partial charge in [0.2, 0.25) is 5.91 Å². The van der Waals surface area contributed by atoms with Crippen LogP contribution in [0.1, 0.15) is 17.7 Å². The van der Waals surface area contributed by atoms with Crippen molar-refractivity contribution in [3.05, 3.63) is 34.2 Å². The van der Waals surface area contributed by atoms with Gasteiger partial charge in [-0.3, -0.25) is 4.79 Å². The number of anilines is 1. The van der Waals surface area contributed by atoms with E-state index in [0.717, 1.165) is 4.88 Å². The summed E-state index contributed by atoms with van der Waals surface area (Å²) in [7, 11) is -0.626. The lowest BCUT2D eigenvalue weighted by Crippen LogP contribution is -2.43. The SMILES string of the molecule is COc1cc(OC)c(NC(=O)[C@H]2CCCN(S(=O)(=O)c3ccc(C)s3)C2)cc1Cl. The van der Waals surface area contributed by atoms with Crippen molar-refractivity contribution in [3.63, 3.8) is 0 Å². The number of benzene rings is 1. The number of aryl methyl sites for hydroxylation is 1. The Kier molecular flexibility index (Phi) is 6.72. The fraction of sp³-hybridized carbons (Fsp3) is 0.421. The van der Waals surface area contributed by atoms with Gasteiger partial charge in [-0.25, -0.2) is 8.42 Å². The molecule has 0 saturated carbocycles.